The number of nitrogens with zero attached hydrogens (tertiary/aromatic N) is 1. The van der Waals surface area contributed by atoms with Gasteiger partial charge < -0.3 is 14.6 Å². The molecule has 31 heavy (non-hydrogen) atoms. The maximum absolute atomic E-state index is 12.6. The van der Waals surface area contributed by atoms with E-state index in [4.69, 9.17) is 9.26 Å². The molecule has 0 atom stereocenters. The molecule has 3 rings (SSSR count). The van der Waals surface area contributed by atoms with Crippen molar-refractivity contribution in [3.8, 4) is 5.75 Å². The highest BCUT2D eigenvalue weighted by atomic mass is 32.2. The molecule has 2 aromatic carbocycles. The van der Waals surface area contributed by atoms with Crippen LogP contribution in [0.25, 0.3) is 12.2 Å². The van der Waals surface area contributed by atoms with Gasteiger partial charge in [-0.05, 0) is 48.4 Å². The first kappa shape index (κ1) is 22.3. The normalized spacial score (nSPS) is 11.6. The van der Waals surface area contributed by atoms with Crippen molar-refractivity contribution >= 4 is 33.8 Å². The van der Waals surface area contributed by atoms with Gasteiger partial charge in [0.1, 0.15) is 17.1 Å². The van der Waals surface area contributed by atoms with E-state index in [9.17, 15) is 13.2 Å². The fraction of sp³-hybridized carbons (Fsp3) is 0.182. The van der Waals surface area contributed by atoms with Crippen molar-refractivity contribution < 1.29 is 22.5 Å². The summed E-state index contributed by atoms with van der Waals surface area (Å²) in [6.07, 6.45) is 3.40. The molecule has 0 radical (unpaired) electrons. The van der Waals surface area contributed by atoms with Gasteiger partial charge in [0, 0.05) is 13.5 Å². The van der Waals surface area contributed by atoms with E-state index >= 15 is 0 Å². The molecule has 0 aliphatic heterocycles. The average Bonchev–Trinajstić information content (AvgIpc) is 3.10. The zero-order valence-electron chi connectivity index (χ0n) is 17.4. The monoisotopic (exact) mass is 441 g/mol. The van der Waals surface area contributed by atoms with Crippen LogP contribution in [-0.4, -0.2) is 26.6 Å². The average molecular weight is 442 g/mol. The molecule has 1 aromatic heterocycles. The minimum atomic E-state index is -3.67. The van der Waals surface area contributed by atoms with Crippen LogP contribution >= 0.6 is 0 Å². The summed E-state index contributed by atoms with van der Waals surface area (Å²) >= 11 is 0. The molecule has 0 saturated heterocycles. The Morgan fingerprint density at radius 3 is 2.58 bits per heavy atom. The van der Waals surface area contributed by atoms with E-state index in [1.807, 2.05) is 6.07 Å². The predicted octanol–water partition coefficient (Wildman–Crippen LogP) is 3.60. The zero-order valence-corrected chi connectivity index (χ0v) is 18.2. The number of ether oxygens (including phenoxy) is 1. The number of aromatic nitrogens is 1. The number of benzene rings is 2. The number of carbonyl (C=O) groups excluding carboxylic acids is 1. The third-order valence-corrected chi connectivity index (χ3v) is 5.83. The topological polar surface area (TPSA) is 111 Å². The zero-order chi connectivity index (χ0) is 22.4. The van der Waals surface area contributed by atoms with Crippen LogP contribution in [0.5, 0.6) is 5.75 Å². The van der Waals surface area contributed by atoms with Gasteiger partial charge in [0.05, 0.1) is 12.0 Å². The van der Waals surface area contributed by atoms with E-state index in [1.54, 1.807) is 56.5 Å². The Morgan fingerprint density at radius 1 is 1.16 bits per heavy atom. The van der Waals surface area contributed by atoms with Crippen molar-refractivity contribution in [1.29, 1.82) is 0 Å². The van der Waals surface area contributed by atoms with Gasteiger partial charge in [-0.3, -0.25) is 4.79 Å². The Bertz CT molecular complexity index is 1200. The molecule has 2 N–H and O–H groups in total. The number of carbonyl (C=O) groups is 1. The Labute approximate surface area is 181 Å². The molecule has 0 aliphatic carbocycles. The summed E-state index contributed by atoms with van der Waals surface area (Å²) in [6, 6.07) is 13.6. The second kappa shape index (κ2) is 9.59. The van der Waals surface area contributed by atoms with Crippen molar-refractivity contribution in [3.05, 3.63) is 71.1 Å². The SMILES string of the molecule is COc1cccc(CNS(=O)(=O)c2ccc(/C=C\c3onc(C)c3NC(C)=O)cc2)c1. The van der Waals surface area contributed by atoms with Gasteiger partial charge >= 0.3 is 0 Å². The second-order valence-electron chi connectivity index (χ2n) is 6.77. The first-order chi connectivity index (χ1) is 14.8. The maximum atomic E-state index is 12.6. The fourth-order valence-electron chi connectivity index (χ4n) is 2.80. The van der Waals surface area contributed by atoms with E-state index in [0.29, 0.717) is 22.9 Å². The van der Waals surface area contributed by atoms with Crippen LogP contribution in [0.3, 0.4) is 0 Å². The highest BCUT2D eigenvalue weighted by Gasteiger charge is 2.14. The lowest BCUT2D eigenvalue weighted by molar-refractivity contribution is -0.114. The molecule has 0 spiro atoms. The number of hydrogen-bond donors (Lipinski definition) is 2. The van der Waals surface area contributed by atoms with E-state index in [2.05, 4.69) is 15.2 Å². The summed E-state index contributed by atoms with van der Waals surface area (Å²) in [5.41, 5.74) is 2.62. The smallest absolute Gasteiger partial charge is 0.240 e. The summed E-state index contributed by atoms with van der Waals surface area (Å²) in [7, 11) is -2.11. The Balaban J connectivity index is 1.69. The van der Waals surface area contributed by atoms with E-state index in [-0.39, 0.29) is 17.3 Å². The number of amides is 1. The van der Waals surface area contributed by atoms with Gasteiger partial charge in [0.15, 0.2) is 5.76 Å². The second-order valence-corrected chi connectivity index (χ2v) is 8.53. The molecular formula is C22H23N3O5S. The maximum Gasteiger partial charge on any atom is 0.240 e. The van der Waals surface area contributed by atoms with E-state index in [1.165, 1.54) is 19.1 Å². The highest BCUT2D eigenvalue weighted by Crippen LogP contribution is 2.23. The molecule has 162 valence electrons. The lowest BCUT2D eigenvalue weighted by atomic mass is 10.2. The fourth-order valence-corrected chi connectivity index (χ4v) is 3.82. The minimum absolute atomic E-state index is 0.151. The number of sulfonamides is 1. The van der Waals surface area contributed by atoms with Crippen molar-refractivity contribution in [2.24, 2.45) is 0 Å². The van der Waals surface area contributed by atoms with Crippen molar-refractivity contribution in [2.75, 3.05) is 12.4 Å². The largest absolute Gasteiger partial charge is 0.497 e. The van der Waals surface area contributed by atoms with Crippen LogP contribution in [0.2, 0.25) is 0 Å². The van der Waals surface area contributed by atoms with Gasteiger partial charge in [-0.2, -0.15) is 0 Å². The molecule has 0 fully saturated rings. The summed E-state index contributed by atoms with van der Waals surface area (Å²) in [5.74, 6) is 0.845. The van der Waals surface area contributed by atoms with E-state index < -0.39 is 10.0 Å². The summed E-state index contributed by atoms with van der Waals surface area (Å²) in [5, 5.41) is 6.53. The van der Waals surface area contributed by atoms with Gasteiger partial charge in [0.25, 0.3) is 0 Å². The van der Waals surface area contributed by atoms with Crippen LogP contribution < -0.4 is 14.8 Å². The lowest BCUT2D eigenvalue weighted by Gasteiger charge is -2.08. The van der Waals surface area contributed by atoms with Crippen LogP contribution in [0.4, 0.5) is 5.69 Å². The van der Waals surface area contributed by atoms with Gasteiger partial charge in [-0.15, -0.1) is 0 Å². The number of aryl methyl sites for hydroxylation is 1. The molecule has 0 saturated carbocycles. The van der Waals surface area contributed by atoms with Crippen LogP contribution in [0.1, 0.15) is 29.5 Å². The standard InChI is InChI=1S/C22H23N3O5S/c1-15-22(24-16(2)26)21(30-25-15)12-9-17-7-10-20(11-8-17)31(27,28)23-14-18-5-4-6-19(13-18)29-3/h4-13,23H,14H2,1-3H3,(H,24,26)/b12-9-. The van der Waals surface area contributed by atoms with Crippen LogP contribution in [0.15, 0.2) is 57.9 Å². The molecular weight excluding hydrogens is 418 g/mol. The molecule has 1 amide bonds. The first-order valence-corrected chi connectivity index (χ1v) is 10.9. The third kappa shape index (κ3) is 5.80. The molecule has 3 aromatic rings. The Morgan fingerprint density at radius 2 is 1.90 bits per heavy atom. The first-order valence-electron chi connectivity index (χ1n) is 9.43. The number of nitrogens with one attached hydrogen (secondary N) is 2. The molecule has 0 aliphatic rings. The quantitative estimate of drug-likeness (QED) is 0.553. The Hall–Kier alpha value is -3.43. The number of anilines is 1. The van der Waals surface area contributed by atoms with Crippen LogP contribution in [0, 0.1) is 6.92 Å². The highest BCUT2D eigenvalue weighted by molar-refractivity contribution is 7.89. The summed E-state index contributed by atoms with van der Waals surface area (Å²) in [6.45, 7) is 3.28. The van der Waals surface area contributed by atoms with Crippen molar-refractivity contribution in [3.63, 3.8) is 0 Å². The van der Waals surface area contributed by atoms with Crippen molar-refractivity contribution in [2.45, 2.75) is 25.3 Å². The minimum Gasteiger partial charge on any atom is -0.497 e. The van der Waals surface area contributed by atoms with Gasteiger partial charge in [-0.1, -0.05) is 35.5 Å². The van der Waals surface area contributed by atoms with Gasteiger partial charge in [-0.25, -0.2) is 13.1 Å². The molecule has 8 nitrogen and oxygen atoms in total. The predicted molar refractivity (Wildman–Crippen MR) is 118 cm³/mol. The molecule has 1 heterocycles. The molecule has 0 unspecified atom stereocenters. The summed E-state index contributed by atoms with van der Waals surface area (Å²) < 4.78 is 38.1. The Kier molecular flexibility index (Phi) is 6.88. The number of hydrogen-bond acceptors (Lipinski definition) is 6. The molecule has 9 heteroatoms. The summed E-state index contributed by atoms with van der Waals surface area (Å²) in [4.78, 5) is 11.5. The molecule has 0 bridgehead atoms. The van der Waals surface area contributed by atoms with E-state index in [0.717, 1.165) is 11.1 Å². The van der Waals surface area contributed by atoms with Crippen molar-refractivity contribution in [1.82, 2.24) is 9.88 Å². The number of rotatable bonds is 8. The van der Waals surface area contributed by atoms with Gasteiger partial charge in [0.2, 0.25) is 15.9 Å². The lowest BCUT2D eigenvalue weighted by Crippen LogP contribution is -2.23. The van der Waals surface area contributed by atoms with Crippen LogP contribution in [-0.2, 0) is 21.4 Å². The number of methoxy groups -OCH3 is 1. The third-order valence-electron chi connectivity index (χ3n) is 4.41.